The van der Waals surface area contributed by atoms with E-state index in [4.69, 9.17) is 0 Å². The molecule has 0 amide bonds. The van der Waals surface area contributed by atoms with E-state index in [9.17, 15) is 9.18 Å². The van der Waals surface area contributed by atoms with Crippen LogP contribution in [0, 0.1) is 26.6 Å². The average molecular weight is 456 g/mol. The Morgan fingerprint density at radius 1 is 1.06 bits per heavy atom. The summed E-state index contributed by atoms with van der Waals surface area (Å²) in [5.41, 5.74) is 7.96. The van der Waals surface area contributed by atoms with E-state index in [1.54, 1.807) is 4.57 Å². The minimum absolute atomic E-state index is 0.00854. The molecule has 1 aliphatic carbocycles. The summed E-state index contributed by atoms with van der Waals surface area (Å²) in [4.78, 5) is 17.9. The third-order valence-corrected chi connectivity index (χ3v) is 6.80. The lowest BCUT2D eigenvalue weighted by Crippen LogP contribution is -2.27. The van der Waals surface area contributed by atoms with Gasteiger partial charge in [0.05, 0.1) is 18.1 Å². The first-order valence-electron chi connectivity index (χ1n) is 11.9. The molecule has 4 nitrogen and oxygen atoms in total. The van der Waals surface area contributed by atoms with Crippen LogP contribution in [0.5, 0.6) is 0 Å². The molecule has 2 heterocycles. The predicted molar refractivity (Wildman–Crippen MR) is 133 cm³/mol. The number of nitrogens with zero attached hydrogens (tertiary/aromatic N) is 3. The minimum atomic E-state index is -0.267. The molecule has 0 saturated heterocycles. The van der Waals surface area contributed by atoms with E-state index in [2.05, 4.69) is 36.2 Å². The van der Waals surface area contributed by atoms with Gasteiger partial charge in [0.15, 0.2) is 0 Å². The summed E-state index contributed by atoms with van der Waals surface area (Å²) in [5.74, 6) is 0.248. The third-order valence-electron chi connectivity index (χ3n) is 6.80. The van der Waals surface area contributed by atoms with E-state index >= 15 is 0 Å². The number of hydrogen-bond donors (Lipinski definition) is 0. The molecular weight excluding hydrogens is 425 g/mol. The van der Waals surface area contributed by atoms with Crippen LogP contribution in [-0.2, 0) is 6.42 Å². The summed E-state index contributed by atoms with van der Waals surface area (Å²) in [7, 11) is 0. The van der Waals surface area contributed by atoms with Crippen molar-refractivity contribution >= 4 is 0 Å². The summed E-state index contributed by atoms with van der Waals surface area (Å²) >= 11 is 0. The molecular formula is C29H30FN3O. The molecule has 0 aliphatic heterocycles. The molecule has 174 valence electrons. The zero-order chi connectivity index (χ0) is 24.0. The highest BCUT2D eigenvalue weighted by Gasteiger charge is 2.26. The van der Waals surface area contributed by atoms with E-state index in [0.717, 1.165) is 52.0 Å². The predicted octanol–water partition coefficient (Wildman–Crippen LogP) is 6.18. The molecule has 0 bridgehead atoms. The molecule has 4 aromatic rings. The van der Waals surface area contributed by atoms with Crippen molar-refractivity contribution < 1.29 is 4.39 Å². The highest BCUT2D eigenvalue weighted by Crippen LogP contribution is 2.40. The Balaban J connectivity index is 1.51. The monoisotopic (exact) mass is 455 g/mol. The van der Waals surface area contributed by atoms with Gasteiger partial charge in [-0.05, 0) is 98.5 Å². The average Bonchev–Trinajstić information content (AvgIpc) is 3.55. The number of aryl methyl sites for hydroxylation is 3. The van der Waals surface area contributed by atoms with Gasteiger partial charge in [-0.2, -0.15) is 0 Å². The molecule has 0 radical (unpaired) electrons. The number of hydrogen-bond acceptors (Lipinski definition) is 2. The van der Waals surface area contributed by atoms with Gasteiger partial charge >= 0.3 is 0 Å². The van der Waals surface area contributed by atoms with Gasteiger partial charge in [-0.3, -0.25) is 4.79 Å². The molecule has 1 atom stereocenters. The summed E-state index contributed by atoms with van der Waals surface area (Å²) < 4.78 is 17.9. The number of imidazole rings is 1. The molecule has 1 aliphatic rings. The van der Waals surface area contributed by atoms with Gasteiger partial charge in [-0.15, -0.1) is 0 Å². The SMILES string of the molecule is Cc1cc(F)cc([C@H](C)n2cc(C3CC3)cc(Cc3ccc(-n4cnc(C)c4)c(C)c3)c2=O)c1. The van der Waals surface area contributed by atoms with Crippen molar-refractivity contribution in [2.75, 3.05) is 0 Å². The second kappa shape index (κ2) is 8.71. The smallest absolute Gasteiger partial charge is 0.254 e. The van der Waals surface area contributed by atoms with Gasteiger partial charge in [0.2, 0.25) is 0 Å². The van der Waals surface area contributed by atoms with Gasteiger partial charge in [0.25, 0.3) is 5.56 Å². The zero-order valence-electron chi connectivity index (χ0n) is 20.2. The van der Waals surface area contributed by atoms with Crippen LogP contribution in [0.1, 0.15) is 70.8 Å². The number of rotatable bonds is 6. The van der Waals surface area contributed by atoms with Crippen LogP contribution < -0.4 is 5.56 Å². The Morgan fingerprint density at radius 2 is 1.85 bits per heavy atom. The summed E-state index contributed by atoms with van der Waals surface area (Å²) in [6, 6.07) is 13.2. The Labute approximate surface area is 199 Å². The molecule has 1 saturated carbocycles. The van der Waals surface area contributed by atoms with Gasteiger partial charge in [-0.1, -0.05) is 18.2 Å². The quantitative estimate of drug-likeness (QED) is 0.348. The van der Waals surface area contributed by atoms with Crippen LogP contribution in [0.2, 0.25) is 0 Å². The van der Waals surface area contributed by atoms with Crippen molar-refractivity contribution in [3.05, 3.63) is 116 Å². The highest BCUT2D eigenvalue weighted by atomic mass is 19.1. The Morgan fingerprint density at radius 3 is 2.50 bits per heavy atom. The number of benzene rings is 2. The molecule has 2 aromatic carbocycles. The molecule has 5 heteroatoms. The fraction of sp³-hybridized carbons (Fsp3) is 0.310. The van der Waals surface area contributed by atoms with Crippen LogP contribution in [0.3, 0.4) is 0 Å². The maximum absolute atomic E-state index is 14.1. The van der Waals surface area contributed by atoms with Crippen molar-refractivity contribution in [3.63, 3.8) is 0 Å². The van der Waals surface area contributed by atoms with Crippen molar-refractivity contribution in [2.24, 2.45) is 0 Å². The van der Waals surface area contributed by atoms with E-state index in [0.29, 0.717) is 12.3 Å². The van der Waals surface area contributed by atoms with Crippen LogP contribution in [-0.4, -0.2) is 14.1 Å². The second-order valence-corrected chi connectivity index (χ2v) is 9.74. The highest BCUT2D eigenvalue weighted by molar-refractivity contribution is 5.44. The standard InChI is InChI=1S/C29H30FN3O/c1-18-9-24(14-27(30)10-18)21(4)33-16-26(23-6-7-23)13-25(29(33)34)12-22-5-8-28(19(2)11-22)32-15-20(3)31-17-32/h5,8-11,13-17,21,23H,6-7,12H2,1-4H3/t21-/m0/s1. The Hall–Kier alpha value is -3.47. The summed E-state index contributed by atoms with van der Waals surface area (Å²) in [6.45, 7) is 7.92. The van der Waals surface area contributed by atoms with Gasteiger partial charge in [0.1, 0.15) is 5.82 Å². The molecule has 0 N–H and O–H groups in total. The molecule has 34 heavy (non-hydrogen) atoms. The van der Waals surface area contributed by atoms with Crippen LogP contribution >= 0.6 is 0 Å². The first kappa shape index (κ1) is 22.3. The lowest BCUT2D eigenvalue weighted by Gasteiger charge is -2.19. The van der Waals surface area contributed by atoms with Crippen molar-refractivity contribution in [3.8, 4) is 5.69 Å². The largest absolute Gasteiger partial charge is 0.308 e. The maximum atomic E-state index is 14.1. The van der Waals surface area contributed by atoms with Crippen molar-refractivity contribution in [1.82, 2.24) is 14.1 Å². The zero-order valence-corrected chi connectivity index (χ0v) is 20.2. The fourth-order valence-corrected chi connectivity index (χ4v) is 4.80. The number of aromatic nitrogens is 3. The lowest BCUT2D eigenvalue weighted by molar-refractivity contribution is 0.586. The molecule has 1 fully saturated rings. The number of pyridine rings is 1. The first-order chi connectivity index (χ1) is 16.3. The van der Waals surface area contributed by atoms with E-state index in [1.165, 1.54) is 17.7 Å². The van der Waals surface area contributed by atoms with E-state index in [-0.39, 0.29) is 17.4 Å². The summed E-state index contributed by atoms with van der Waals surface area (Å²) in [6.07, 6.45) is 8.70. The Kier molecular flexibility index (Phi) is 5.72. The van der Waals surface area contributed by atoms with Gasteiger partial charge in [0, 0.05) is 30.1 Å². The second-order valence-electron chi connectivity index (χ2n) is 9.74. The fourth-order valence-electron chi connectivity index (χ4n) is 4.80. The molecule has 2 aromatic heterocycles. The number of halogens is 1. The molecule has 0 unspecified atom stereocenters. The third kappa shape index (κ3) is 4.47. The van der Waals surface area contributed by atoms with Crippen molar-refractivity contribution in [2.45, 2.75) is 58.9 Å². The van der Waals surface area contributed by atoms with E-state index in [1.807, 2.05) is 50.1 Å². The lowest BCUT2D eigenvalue weighted by atomic mass is 9.99. The van der Waals surface area contributed by atoms with Crippen LogP contribution in [0.4, 0.5) is 4.39 Å². The summed E-state index contributed by atoms with van der Waals surface area (Å²) in [5, 5.41) is 0. The molecule has 0 spiro atoms. The van der Waals surface area contributed by atoms with E-state index < -0.39 is 0 Å². The topological polar surface area (TPSA) is 39.8 Å². The first-order valence-corrected chi connectivity index (χ1v) is 11.9. The van der Waals surface area contributed by atoms with Crippen LogP contribution in [0.15, 0.2) is 66.0 Å². The van der Waals surface area contributed by atoms with Gasteiger partial charge in [-0.25, -0.2) is 9.37 Å². The maximum Gasteiger partial charge on any atom is 0.254 e. The van der Waals surface area contributed by atoms with Crippen molar-refractivity contribution in [1.29, 1.82) is 0 Å². The van der Waals surface area contributed by atoms with Crippen LogP contribution in [0.25, 0.3) is 5.69 Å². The minimum Gasteiger partial charge on any atom is -0.308 e. The molecule has 5 rings (SSSR count). The Bertz CT molecular complexity index is 1410. The van der Waals surface area contributed by atoms with Gasteiger partial charge < -0.3 is 9.13 Å². The normalized spacial score (nSPS) is 14.4.